The molecular weight excluding hydrogens is 372 g/mol. The highest BCUT2D eigenvalue weighted by Gasteiger charge is 2.39. The first-order valence-corrected chi connectivity index (χ1v) is 9.18. The maximum Gasteiger partial charge on any atom is 0.333 e. The van der Waals surface area contributed by atoms with Gasteiger partial charge >= 0.3 is 6.03 Å². The standard InChI is InChI=1S/C19H23ClN2O5/c1-5-8-22-18(24)13(17(23)21(4)19(22)25)9-12-10-14(20)16(27-7-3)15(11-12)26-6-2/h9-11H,5-8H2,1-4H3. The van der Waals surface area contributed by atoms with E-state index in [0.29, 0.717) is 41.7 Å². The molecule has 1 aliphatic rings. The third kappa shape index (κ3) is 4.24. The van der Waals surface area contributed by atoms with Gasteiger partial charge in [0.15, 0.2) is 11.5 Å². The largest absolute Gasteiger partial charge is 0.490 e. The number of halogens is 1. The SMILES string of the molecule is CCCN1C(=O)C(=Cc2cc(Cl)c(OCC)c(OCC)c2)C(=O)N(C)C1=O. The van der Waals surface area contributed by atoms with Gasteiger partial charge in [-0.1, -0.05) is 18.5 Å². The molecule has 0 aliphatic carbocycles. The van der Waals surface area contributed by atoms with Crippen LogP contribution in [0.4, 0.5) is 4.79 Å². The van der Waals surface area contributed by atoms with E-state index in [-0.39, 0.29) is 12.1 Å². The van der Waals surface area contributed by atoms with Gasteiger partial charge in [0.1, 0.15) is 5.57 Å². The molecule has 1 heterocycles. The Morgan fingerprint density at radius 2 is 1.70 bits per heavy atom. The number of benzene rings is 1. The summed E-state index contributed by atoms with van der Waals surface area (Å²) in [5.41, 5.74) is 0.399. The molecular formula is C19H23ClN2O5. The quantitative estimate of drug-likeness (QED) is 0.523. The zero-order valence-corrected chi connectivity index (χ0v) is 16.6. The smallest absolute Gasteiger partial charge is 0.333 e. The van der Waals surface area contributed by atoms with Crippen molar-refractivity contribution in [1.29, 1.82) is 0 Å². The van der Waals surface area contributed by atoms with Crippen LogP contribution >= 0.6 is 11.6 Å². The Labute approximate surface area is 163 Å². The van der Waals surface area contributed by atoms with E-state index in [4.69, 9.17) is 21.1 Å². The number of barbiturate groups is 1. The van der Waals surface area contributed by atoms with Crippen LogP contribution in [0.2, 0.25) is 5.02 Å². The highest BCUT2D eigenvalue weighted by molar-refractivity contribution is 6.33. The van der Waals surface area contributed by atoms with Crippen LogP contribution in [0.15, 0.2) is 17.7 Å². The maximum absolute atomic E-state index is 12.7. The van der Waals surface area contributed by atoms with Gasteiger partial charge in [-0.2, -0.15) is 0 Å². The predicted octanol–water partition coefficient (Wildman–Crippen LogP) is 3.35. The van der Waals surface area contributed by atoms with Crippen molar-refractivity contribution < 1.29 is 23.9 Å². The summed E-state index contributed by atoms with van der Waals surface area (Å²) >= 11 is 6.29. The first kappa shape index (κ1) is 20.8. The molecule has 7 nitrogen and oxygen atoms in total. The highest BCUT2D eigenvalue weighted by Crippen LogP contribution is 2.37. The molecule has 1 fully saturated rings. The summed E-state index contributed by atoms with van der Waals surface area (Å²) < 4.78 is 11.1. The summed E-state index contributed by atoms with van der Waals surface area (Å²) in [5, 5.41) is 0.306. The fraction of sp³-hybridized carbons (Fsp3) is 0.421. The molecule has 4 amide bonds. The Balaban J connectivity index is 2.50. The molecule has 1 aromatic rings. The average Bonchev–Trinajstić information content (AvgIpc) is 2.64. The summed E-state index contributed by atoms with van der Waals surface area (Å²) in [7, 11) is 1.35. The Kier molecular flexibility index (Phi) is 6.85. The third-order valence-corrected chi connectivity index (χ3v) is 4.19. The topological polar surface area (TPSA) is 76.2 Å². The number of rotatable bonds is 7. The molecule has 8 heteroatoms. The third-order valence-electron chi connectivity index (χ3n) is 3.91. The second kappa shape index (κ2) is 8.90. The van der Waals surface area contributed by atoms with Gasteiger partial charge in [-0.05, 0) is 44.0 Å². The van der Waals surface area contributed by atoms with Crippen molar-refractivity contribution in [2.75, 3.05) is 26.8 Å². The van der Waals surface area contributed by atoms with E-state index >= 15 is 0 Å². The Hall–Kier alpha value is -2.54. The summed E-state index contributed by atoms with van der Waals surface area (Å²) in [6.45, 7) is 6.55. The number of hydrogen-bond donors (Lipinski definition) is 0. The van der Waals surface area contributed by atoms with Crippen molar-refractivity contribution in [3.63, 3.8) is 0 Å². The van der Waals surface area contributed by atoms with Gasteiger partial charge in [0, 0.05) is 13.6 Å². The van der Waals surface area contributed by atoms with Crippen molar-refractivity contribution in [1.82, 2.24) is 9.80 Å². The molecule has 0 spiro atoms. The Bertz CT molecular complexity index is 791. The van der Waals surface area contributed by atoms with Crippen molar-refractivity contribution in [3.8, 4) is 11.5 Å². The lowest BCUT2D eigenvalue weighted by Crippen LogP contribution is -2.54. The number of carbonyl (C=O) groups is 3. The molecule has 146 valence electrons. The van der Waals surface area contributed by atoms with Gasteiger partial charge in [0.2, 0.25) is 0 Å². The van der Waals surface area contributed by atoms with E-state index in [1.54, 1.807) is 12.1 Å². The minimum absolute atomic E-state index is 0.103. The maximum atomic E-state index is 12.7. The number of nitrogens with zero attached hydrogens (tertiary/aromatic N) is 2. The van der Waals surface area contributed by atoms with Crippen LogP contribution in [-0.4, -0.2) is 54.5 Å². The van der Waals surface area contributed by atoms with Crippen LogP contribution < -0.4 is 9.47 Å². The molecule has 2 rings (SSSR count). The van der Waals surface area contributed by atoms with Crippen LogP contribution in [0.3, 0.4) is 0 Å². The monoisotopic (exact) mass is 394 g/mol. The van der Waals surface area contributed by atoms with E-state index in [0.717, 1.165) is 9.80 Å². The first-order valence-electron chi connectivity index (χ1n) is 8.80. The van der Waals surface area contributed by atoms with Gasteiger partial charge in [-0.25, -0.2) is 4.79 Å². The number of amides is 4. The number of ether oxygens (including phenoxy) is 2. The molecule has 1 aliphatic heterocycles. The molecule has 0 aromatic heterocycles. The molecule has 0 atom stereocenters. The number of imide groups is 2. The molecule has 27 heavy (non-hydrogen) atoms. The molecule has 1 saturated heterocycles. The summed E-state index contributed by atoms with van der Waals surface area (Å²) in [5.74, 6) is -0.443. The van der Waals surface area contributed by atoms with Gasteiger partial charge in [-0.3, -0.25) is 19.4 Å². The van der Waals surface area contributed by atoms with Gasteiger partial charge in [-0.15, -0.1) is 0 Å². The molecule has 0 radical (unpaired) electrons. The normalized spacial score (nSPS) is 16.3. The second-order valence-corrected chi connectivity index (χ2v) is 6.26. The number of urea groups is 1. The molecule has 0 saturated carbocycles. The Morgan fingerprint density at radius 1 is 1.04 bits per heavy atom. The zero-order chi connectivity index (χ0) is 20.1. The molecule has 0 bridgehead atoms. The fourth-order valence-corrected chi connectivity index (χ4v) is 2.98. The van der Waals surface area contributed by atoms with Crippen molar-refractivity contribution in [3.05, 3.63) is 28.3 Å². The van der Waals surface area contributed by atoms with E-state index in [1.165, 1.54) is 13.1 Å². The van der Waals surface area contributed by atoms with Crippen molar-refractivity contribution in [2.45, 2.75) is 27.2 Å². The average molecular weight is 395 g/mol. The Morgan fingerprint density at radius 3 is 2.30 bits per heavy atom. The second-order valence-electron chi connectivity index (χ2n) is 5.86. The van der Waals surface area contributed by atoms with Crippen LogP contribution in [0, 0.1) is 0 Å². The number of hydrogen-bond acceptors (Lipinski definition) is 5. The minimum atomic E-state index is -0.652. The predicted molar refractivity (Wildman–Crippen MR) is 102 cm³/mol. The van der Waals surface area contributed by atoms with E-state index in [9.17, 15) is 14.4 Å². The molecule has 0 N–H and O–H groups in total. The highest BCUT2D eigenvalue weighted by atomic mass is 35.5. The zero-order valence-electron chi connectivity index (χ0n) is 15.9. The van der Waals surface area contributed by atoms with Crippen molar-refractivity contribution in [2.24, 2.45) is 0 Å². The van der Waals surface area contributed by atoms with Crippen LogP contribution in [-0.2, 0) is 9.59 Å². The van der Waals surface area contributed by atoms with Crippen LogP contribution in [0.25, 0.3) is 6.08 Å². The first-order chi connectivity index (χ1) is 12.8. The summed E-state index contributed by atoms with van der Waals surface area (Å²) in [4.78, 5) is 39.3. The van der Waals surface area contributed by atoms with Gasteiger partial charge < -0.3 is 9.47 Å². The van der Waals surface area contributed by atoms with Crippen molar-refractivity contribution >= 4 is 35.5 Å². The molecule has 1 aromatic carbocycles. The fourth-order valence-electron chi connectivity index (χ4n) is 2.70. The summed E-state index contributed by atoms with van der Waals surface area (Å²) in [6, 6.07) is 2.61. The van der Waals surface area contributed by atoms with Gasteiger partial charge in [0.05, 0.1) is 18.2 Å². The van der Waals surface area contributed by atoms with E-state index in [2.05, 4.69) is 0 Å². The number of likely N-dealkylation sites (N-methyl/N-ethyl adjacent to an activating group) is 1. The summed E-state index contributed by atoms with van der Waals surface area (Å²) in [6.07, 6.45) is 2.01. The van der Waals surface area contributed by atoms with Crippen LogP contribution in [0.1, 0.15) is 32.8 Å². The van der Waals surface area contributed by atoms with E-state index in [1.807, 2.05) is 20.8 Å². The van der Waals surface area contributed by atoms with Gasteiger partial charge in [0.25, 0.3) is 11.8 Å². The lowest BCUT2D eigenvalue weighted by molar-refractivity contribution is -0.135. The molecule has 0 unspecified atom stereocenters. The minimum Gasteiger partial charge on any atom is -0.490 e. The van der Waals surface area contributed by atoms with E-state index < -0.39 is 17.8 Å². The van der Waals surface area contributed by atoms with Crippen LogP contribution in [0.5, 0.6) is 11.5 Å². The lowest BCUT2D eigenvalue weighted by atomic mass is 10.1. The lowest BCUT2D eigenvalue weighted by Gasteiger charge is -2.31. The number of carbonyl (C=O) groups excluding carboxylic acids is 3.